The van der Waals surface area contributed by atoms with Crippen molar-refractivity contribution in [1.29, 1.82) is 0 Å². The maximum Gasteiger partial charge on any atom is 0.329 e. The minimum atomic E-state index is -0.877. The van der Waals surface area contributed by atoms with Gasteiger partial charge in [-0.3, -0.25) is 14.4 Å². The van der Waals surface area contributed by atoms with Crippen LogP contribution in [0.4, 0.5) is 11.4 Å². The van der Waals surface area contributed by atoms with Crippen LogP contribution in [0.2, 0.25) is 0 Å². The molecule has 4 rings (SSSR count). The number of ketones is 1. The highest BCUT2D eigenvalue weighted by molar-refractivity contribution is 6.38. The van der Waals surface area contributed by atoms with Crippen molar-refractivity contribution in [1.82, 2.24) is 4.90 Å². The number of Topliss-reactive ketones (excluding diaryl/α,β-unsaturated/α-hetero) is 1. The van der Waals surface area contributed by atoms with Gasteiger partial charge in [-0.2, -0.15) is 0 Å². The number of anilines is 2. The first-order valence-corrected chi connectivity index (χ1v) is 16.6. The molecular formula is C38H47N3O8. The largest absolute Gasteiger partial charge is 0.493 e. The minimum absolute atomic E-state index is 0.245. The quantitative estimate of drug-likeness (QED) is 0.114. The maximum atomic E-state index is 13.9. The lowest BCUT2D eigenvalue weighted by atomic mass is 9.84. The summed E-state index contributed by atoms with van der Waals surface area (Å²) in [4.78, 5) is 54.3. The number of carbonyl (C=O) groups excluding carboxylic acids is 4. The second-order valence-electron chi connectivity index (χ2n) is 12.8. The highest BCUT2D eigenvalue weighted by Gasteiger charge is 2.41. The smallest absolute Gasteiger partial charge is 0.329 e. The molecule has 11 nitrogen and oxygen atoms in total. The molecule has 3 aromatic rings. The van der Waals surface area contributed by atoms with E-state index in [2.05, 4.69) is 5.32 Å². The molecule has 1 aliphatic rings. The molecule has 0 saturated carbocycles. The van der Waals surface area contributed by atoms with Crippen molar-refractivity contribution in [2.75, 3.05) is 38.4 Å². The molecule has 0 radical (unpaired) electrons. The van der Waals surface area contributed by atoms with Crippen molar-refractivity contribution in [2.45, 2.75) is 71.4 Å². The Morgan fingerprint density at radius 1 is 0.959 bits per heavy atom. The Labute approximate surface area is 288 Å². The number of hydrogen-bond acceptors (Lipinski definition) is 9. The Hall–Kier alpha value is -5.06. The molecule has 262 valence electrons. The summed E-state index contributed by atoms with van der Waals surface area (Å²) in [5.74, 6) is -0.484. The van der Waals surface area contributed by atoms with E-state index in [1.54, 1.807) is 70.5 Å². The number of likely N-dealkylation sites (tertiary alicyclic amines) is 1. The molecule has 3 aromatic carbocycles. The van der Waals surface area contributed by atoms with Gasteiger partial charge in [0.05, 0.1) is 14.2 Å². The van der Waals surface area contributed by atoms with E-state index in [9.17, 15) is 19.2 Å². The normalized spacial score (nSPS) is 15.1. The first-order valence-electron chi connectivity index (χ1n) is 16.6. The van der Waals surface area contributed by atoms with Crippen LogP contribution in [0, 0.1) is 5.41 Å². The van der Waals surface area contributed by atoms with Crippen LogP contribution in [0.5, 0.6) is 17.2 Å². The zero-order valence-corrected chi connectivity index (χ0v) is 29.0. The molecular weight excluding hydrogens is 626 g/mol. The van der Waals surface area contributed by atoms with Crippen LogP contribution in [-0.4, -0.2) is 61.9 Å². The molecule has 49 heavy (non-hydrogen) atoms. The molecule has 3 N–H and O–H groups in total. The third-order valence-electron chi connectivity index (χ3n) is 8.92. The molecule has 0 aliphatic carbocycles. The Balaban J connectivity index is 1.54. The summed E-state index contributed by atoms with van der Waals surface area (Å²) in [5.41, 5.74) is 7.66. The molecule has 1 heterocycles. The predicted molar refractivity (Wildman–Crippen MR) is 187 cm³/mol. The minimum Gasteiger partial charge on any atom is -0.493 e. The molecule has 1 saturated heterocycles. The Morgan fingerprint density at radius 2 is 1.69 bits per heavy atom. The summed E-state index contributed by atoms with van der Waals surface area (Å²) in [6.07, 6.45) is 2.51. The van der Waals surface area contributed by atoms with Crippen molar-refractivity contribution in [2.24, 2.45) is 5.41 Å². The fourth-order valence-electron chi connectivity index (χ4n) is 5.56. The van der Waals surface area contributed by atoms with Gasteiger partial charge < -0.3 is 34.9 Å². The van der Waals surface area contributed by atoms with Gasteiger partial charge in [0.2, 0.25) is 5.78 Å². The van der Waals surface area contributed by atoms with Crippen LogP contribution in [0.15, 0.2) is 66.7 Å². The van der Waals surface area contributed by atoms with E-state index >= 15 is 0 Å². The van der Waals surface area contributed by atoms with E-state index in [1.807, 2.05) is 31.2 Å². The van der Waals surface area contributed by atoms with Crippen LogP contribution in [0.25, 0.3) is 0 Å². The molecule has 2 atom stereocenters. The van der Waals surface area contributed by atoms with Crippen LogP contribution in [-0.2, 0) is 30.3 Å². The third-order valence-corrected chi connectivity index (χ3v) is 8.92. The lowest BCUT2D eigenvalue weighted by Gasteiger charge is -2.36. The van der Waals surface area contributed by atoms with Crippen LogP contribution in [0.1, 0.15) is 70.1 Å². The lowest BCUT2D eigenvalue weighted by Crippen LogP contribution is -2.53. The van der Waals surface area contributed by atoms with E-state index in [1.165, 1.54) is 4.90 Å². The van der Waals surface area contributed by atoms with E-state index in [0.717, 1.165) is 12.0 Å². The molecule has 1 unspecified atom stereocenters. The van der Waals surface area contributed by atoms with Gasteiger partial charge in [-0.15, -0.1) is 0 Å². The Morgan fingerprint density at radius 3 is 2.39 bits per heavy atom. The highest BCUT2D eigenvalue weighted by atomic mass is 16.5. The van der Waals surface area contributed by atoms with Crippen molar-refractivity contribution in [3.63, 3.8) is 0 Å². The third kappa shape index (κ3) is 9.74. The number of methoxy groups -OCH3 is 2. The number of esters is 1. The summed E-state index contributed by atoms with van der Waals surface area (Å²) in [5, 5.41) is 2.76. The van der Waals surface area contributed by atoms with Gasteiger partial charge in [-0.1, -0.05) is 39.0 Å². The number of nitrogen functional groups attached to an aromatic ring is 1. The average molecular weight is 674 g/mol. The summed E-state index contributed by atoms with van der Waals surface area (Å²) >= 11 is 0. The molecule has 1 aliphatic heterocycles. The second kappa shape index (κ2) is 16.9. The maximum absolute atomic E-state index is 13.9. The second-order valence-corrected chi connectivity index (χ2v) is 12.8. The van der Waals surface area contributed by atoms with Crippen molar-refractivity contribution < 1.29 is 38.1 Å². The number of carbonyl (C=O) groups is 4. The number of piperidine rings is 1. The van der Waals surface area contributed by atoms with Crippen molar-refractivity contribution >= 4 is 34.9 Å². The van der Waals surface area contributed by atoms with E-state index in [4.69, 9.17) is 24.7 Å². The zero-order chi connectivity index (χ0) is 35.6. The van der Waals surface area contributed by atoms with Gasteiger partial charge in [-0.25, -0.2) is 4.79 Å². The fraction of sp³-hybridized carbons (Fsp3) is 0.421. The average Bonchev–Trinajstić information content (AvgIpc) is 3.12. The van der Waals surface area contributed by atoms with Crippen molar-refractivity contribution in [3.05, 3.63) is 77.9 Å². The SMILES string of the molecule is CCC(C)(C)C(=O)C(=O)N1CCCCC1C(=O)O[C@H](CCc1ccc(OC)c(OC)c1)c1cccc(OCC(=O)Nc2ccc(N)cc2)c1. The topological polar surface area (TPSA) is 146 Å². The zero-order valence-electron chi connectivity index (χ0n) is 29.0. The number of hydrogen-bond donors (Lipinski definition) is 2. The first kappa shape index (κ1) is 36.8. The van der Waals surface area contributed by atoms with Crippen molar-refractivity contribution in [3.8, 4) is 17.2 Å². The summed E-state index contributed by atoms with van der Waals surface area (Å²) in [6.45, 7) is 5.41. The molecule has 0 bridgehead atoms. The molecule has 11 heteroatoms. The number of benzene rings is 3. The highest BCUT2D eigenvalue weighted by Crippen LogP contribution is 2.32. The number of amides is 2. The van der Waals surface area contributed by atoms with Gasteiger partial charge in [-0.05, 0) is 98.2 Å². The number of nitrogens with one attached hydrogen (secondary N) is 1. The molecule has 2 amide bonds. The van der Waals surface area contributed by atoms with E-state index in [-0.39, 0.29) is 12.5 Å². The summed E-state index contributed by atoms with van der Waals surface area (Å²) in [6, 6.07) is 18.6. The number of nitrogens with zero attached hydrogens (tertiary/aromatic N) is 1. The van der Waals surface area contributed by atoms with Gasteiger partial charge in [0.15, 0.2) is 18.1 Å². The van der Waals surface area contributed by atoms with Gasteiger partial charge in [0.1, 0.15) is 17.9 Å². The number of nitrogens with two attached hydrogens (primary N) is 1. The number of rotatable bonds is 15. The number of ether oxygens (including phenoxy) is 4. The first-order chi connectivity index (χ1) is 23.4. The molecule has 0 aromatic heterocycles. The van der Waals surface area contributed by atoms with Crippen LogP contribution >= 0.6 is 0 Å². The van der Waals surface area contributed by atoms with Crippen LogP contribution in [0.3, 0.4) is 0 Å². The van der Waals surface area contributed by atoms with Gasteiger partial charge in [0, 0.05) is 23.3 Å². The predicted octanol–water partition coefficient (Wildman–Crippen LogP) is 5.91. The lowest BCUT2D eigenvalue weighted by molar-refractivity contribution is -0.164. The van der Waals surface area contributed by atoms with Crippen LogP contribution < -0.4 is 25.3 Å². The Bertz CT molecular complexity index is 1620. The van der Waals surface area contributed by atoms with Gasteiger partial charge >= 0.3 is 5.97 Å². The summed E-state index contributed by atoms with van der Waals surface area (Å²) < 4.78 is 22.9. The Kier molecular flexibility index (Phi) is 12.6. The molecule has 0 spiro atoms. The molecule has 1 fully saturated rings. The summed E-state index contributed by atoms with van der Waals surface area (Å²) in [7, 11) is 3.14. The van der Waals surface area contributed by atoms with Gasteiger partial charge in [0.25, 0.3) is 11.8 Å². The number of aryl methyl sites for hydroxylation is 1. The monoisotopic (exact) mass is 673 g/mol. The standard InChI is InChI=1S/C38H47N3O8/c1-6-38(2,3)35(43)36(44)41-21-8-7-12-30(41)37(45)49-31(19-13-25-14-20-32(46-4)33(22-25)47-5)26-10-9-11-29(23-26)48-24-34(42)40-28-17-15-27(39)16-18-28/h9-11,14-18,20,22-23,30-31H,6-8,12-13,19,21,24,39H2,1-5H3,(H,40,42)/t30?,31-/m1/s1. The fourth-order valence-corrected chi connectivity index (χ4v) is 5.56. The van der Waals surface area contributed by atoms with E-state index in [0.29, 0.717) is 72.8 Å². The van der Waals surface area contributed by atoms with E-state index < -0.39 is 35.2 Å².